The molecule has 0 aliphatic heterocycles. The second-order valence-electron chi connectivity index (χ2n) is 7.65. The van der Waals surface area contributed by atoms with E-state index in [1.807, 2.05) is 60.7 Å². The van der Waals surface area contributed by atoms with E-state index in [9.17, 15) is 9.59 Å². The van der Waals surface area contributed by atoms with Gasteiger partial charge >= 0.3 is 6.09 Å². The lowest BCUT2D eigenvalue weighted by molar-refractivity contribution is -0.123. The van der Waals surface area contributed by atoms with E-state index in [1.54, 1.807) is 0 Å². The number of nitrogens with one attached hydrogen (secondary N) is 2. The molecule has 1 fully saturated rings. The summed E-state index contributed by atoms with van der Waals surface area (Å²) in [6.07, 6.45) is 6.59. The van der Waals surface area contributed by atoms with Crippen molar-refractivity contribution in [1.82, 2.24) is 10.6 Å². The highest BCUT2D eigenvalue weighted by Crippen LogP contribution is 2.17. The third-order valence-corrected chi connectivity index (χ3v) is 5.31. The number of amides is 2. The van der Waals surface area contributed by atoms with Crippen LogP contribution in [0.2, 0.25) is 0 Å². The van der Waals surface area contributed by atoms with Crippen LogP contribution < -0.4 is 10.6 Å². The van der Waals surface area contributed by atoms with Crippen molar-refractivity contribution in [2.24, 2.45) is 0 Å². The van der Waals surface area contributed by atoms with E-state index in [1.165, 1.54) is 12.8 Å². The molecule has 0 saturated heterocycles. The van der Waals surface area contributed by atoms with Gasteiger partial charge in [-0.25, -0.2) is 4.79 Å². The van der Waals surface area contributed by atoms with Gasteiger partial charge in [-0.05, 0) is 24.0 Å². The molecule has 0 bridgehead atoms. The lowest BCUT2D eigenvalue weighted by Gasteiger charge is -2.22. The molecule has 2 aromatic rings. The number of benzene rings is 2. The van der Waals surface area contributed by atoms with Crippen LogP contribution in [0.3, 0.4) is 0 Å². The van der Waals surface area contributed by atoms with Crippen molar-refractivity contribution in [3.8, 4) is 0 Å². The highest BCUT2D eigenvalue weighted by atomic mass is 16.5. The molecule has 1 aliphatic rings. The fraction of sp³-hybridized carbons (Fsp3) is 0.417. The lowest BCUT2D eigenvalue weighted by atomic mass is 10.0. The number of alkyl carbamates (subject to hydrolysis) is 1. The van der Waals surface area contributed by atoms with Crippen LogP contribution in [0.15, 0.2) is 60.7 Å². The predicted molar refractivity (Wildman–Crippen MR) is 113 cm³/mol. The normalized spacial score (nSPS) is 15.7. The fourth-order valence-electron chi connectivity index (χ4n) is 3.69. The van der Waals surface area contributed by atoms with Crippen molar-refractivity contribution in [1.29, 1.82) is 0 Å². The van der Waals surface area contributed by atoms with E-state index >= 15 is 0 Å². The maximum atomic E-state index is 13.0. The highest BCUT2D eigenvalue weighted by molar-refractivity contribution is 5.86. The zero-order valence-electron chi connectivity index (χ0n) is 16.8. The van der Waals surface area contributed by atoms with Gasteiger partial charge in [-0.2, -0.15) is 0 Å². The van der Waals surface area contributed by atoms with Crippen molar-refractivity contribution in [3.63, 3.8) is 0 Å². The summed E-state index contributed by atoms with van der Waals surface area (Å²) in [5.41, 5.74) is 1.90. The summed E-state index contributed by atoms with van der Waals surface area (Å²) in [5.74, 6) is -0.141. The first-order valence-electron chi connectivity index (χ1n) is 10.5. The van der Waals surface area contributed by atoms with Crippen molar-refractivity contribution < 1.29 is 14.3 Å². The Morgan fingerprint density at radius 1 is 0.862 bits per heavy atom. The Morgan fingerprint density at radius 3 is 2.07 bits per heavy atom. The first kappa shape index (κ1) is 20.9. The van der Waals surface area contributed by atoms with Crippen LogP contribution in [0.25, 0.3) is 0 Å². The maximum Gasteiger partial charge on any atom is 0.408 e. The second kappa shape index (κ2) is 11.2. The van der Waals surface area contributed by atoms with E-state index in [-0.39, 0.29) is 18.6 Å². The van der Waals surface area contributed by atoms with Gasteiger partial charge in [0.15, 0.2) is 0 Å². The number of carbonyl (C=O) groups is 2. The molecule has 1 saturated carbocycles. The molecule has 2 N–H and O–H groups in total. The molecule has 5 nitrogen and oxygen atoms in total. The number of hydrogen-bond donors (Lipinski definition) is 2. The van der Waals surface area contributed by atoms with E-state index < -0.39 is 12.1 Å². The van der Waals surface area contributed by atoms with Crippen LogP contribution in [-0.2, 0) is 22.6 Å². The Labute approximate surface area is 172 Å². The van der Waals surface area contributed by atoms with Crippen LogP contribution in [0.1, 0.15) is 49.7 Å². The maximum absolute atomic E-state index is 13.0. The molecule has 3 rings (SSSR count). The van der Waals surface area contributed by atoms with Gasteiger partial charge in [0, 0.05) is 12.5 Å². The number of ether oxygens (including phenoxy) is 1. The average molecular weight is 395 g/mol. The Morgan fingerprint density at radius 2 is 1.45 bits per heavy atom. The Bertz CT molecular complexity index is 756. The summed E-state index contributed by atoms with van der Waals surface area (Å²) in [4.78, 5) is 25.3. The third kappa shape index (κ3) is 7.26. The second-order valence-corrected chi connectivity index (χ2v) is 7.65. The van der Waals surface area contributed by atoms with Gasteiger partial charge in [0.2, 0.25) is 5.91 Å². The predicted octanol–water partition coefficient (Wildman–Crippen LogP) is 4.36. The number of carbonyl (C=O) groups excluding carboxylic acids is 2. The van der Waals surface area contributed by atoms with E-state index in [4.69, 9.17) is 4.74 Å². The quantitative estimate of drug-likeness (QED) is 0.686. The van der Waals surface area contributed by atoms with Crippen molar-refractivity contribution in [2.75, 3.05) is 0 Å². The smallest absolute Gasteiger partial charge is 0.408 e. The van der Waals surface area contributed by atoms with Crippen LogP contribution in [0.4, 0.5) is 4.79 Å². The van der Waals surface area contributed by atoms with Crippen molar-refractivity contribution in [2.45, 2.75) is 63.6 Å². The van der Waals surface area contributed by atoms with Crippen molar-refractivity contribution >= 4 is 12.0 Å². The van der Waals surface area contributed by atoms with Gasteiger partial charge in [-0.15, -0.1) is 0 Å². The molecule has 0 heterocycles. The molecule has 2 aromatic carbocycles. The average Bonchev–Trinajstić information content (AvgIpc) is 3.02. The summed E-state index contributed by atoms with van der Waals surface area (Å²) in [7, 11) is 0. The molecule has 154 valence electrons. The number of hydrogen-bond acceptors (Lipinski definition) is 3. The molecular formula is C24H30N2O3. The summed E-state index contributed by atoms with van der Waals surface area (Å²) < 4.78 is 5.33. The molecule has 0 radical (unpaired) electrons. The first-order chi connectivity index (χ1) is 14.2. The summed E-state index contributed by atoms with van der Waals surface area (Å²) >= 11 is 0. The molecule has 1 atom stereocenters. The molecule has 0 unspecified atom stereocenters. The van der Waals surface area contributed by atoms with E-state index in [2.05, 4.69) is 10.6 Å². The minimum absolute atomic E-state index is 0.141. The van der Waals surface area contributed by atoms with Crippen LogP contribution >= 0.6 is 0 Å². The summed E-state index contributed by atoms with van der Waals surface area (Å²) in [6.45, 7) is 0.176. The summed E-state index contributed by atoms with van der Waals surface area (Å²) in [6, 6.07) is 18.8. The standard InChI is InChI=1S/C24H30N2O3/c27-23(25-21-15-9-1-2-10-16-21)22(17-19-11-5-3-6-12-19)26-24(28)29-18-20-13-7-4-8-14-20/h3-8,11-14,21-22H,1-2,9-10,15-18H2,(H,25,27)(H,26,28)/t22-/m0/s1. The largest absolute Gasteiger partial charge is 0.445 e. The Kier molecular flexibility index (Phi) is 8.11. The van der Waals surface area contributed by atoms with Gasteiger partial charge in [0.05, 0.1) is 0 Å². The first-order valence-corrected chi connectivity index (χ1v) is 10.5. The van der Waals surface area contributed by atoms with E-state index in [0.29, 0.717) is 6.42 Å². The zero-order valence-corrected chi connectivity index (χ0v) is 16.8. The molecule has 5 heteroatoms. The van der Waals surface area contributed by atoms with Gasteiger partial charge in [-0.3, -0.25) is 4.79 Å². The Balaban J connectivity index is 1.60. The van der Waals surface area contributed by atoms with Gasteiger partial charge in [0.1, 0.15) is 12.6 Å². The monoisotopic (exact) mass is 394 g/mol. The molecule has 2 amide bonds. The van der Waals surface area contributed by atoms with Crippen LogP contribution in [0, 0.1) is 0 Å². The Hall–Kier alpha value is -2.82. The van der Waals surface area contributed by atoms with Gasteiger partial charge in [-0.1, -0.05) is 86.3 Å². The van der Waals surface area contributed by atoms with Crippen LogP contribution in [0.5, 0.6) is 0 Å². The lowest BCUT2D eigenvalue weighted by Crippen LogP contribution is -2.50. The van der Waals surface area contributed by atoms with Crippen LogP contribution in [-0.4, -0.2) is 24.1 Å². The van der Waals surface area contributed by atoms with E-state index in [0.717, 1.165) is 36.8 Å². The molecule has 29 heavy (non-hydrogen) atoms. The molecule has 0 aromatic heterocycles. The summed E-state index contributed by atoms with van der Waals surface area (Å²) in [5, 5.41) is 5.92. The minimum Gasteiger partial charge on any atom is -0.445 e. The van der Waals surface area contributed by atoms with Gasteiger partial charge < -0.3 is 15.4 Å². The molecular weight excluding hydrogens is 364 g/mol. The van der Waals surface area contributed by atoms with Gasteiger partial charge in [0.25, 0.3) is 0 Å². The topological polar surface area (TPSA) is 67.4 Å². The highest BCUT2D eigenvalue weighted by Gasteiger charge is 2.24. The third-order valence-electron chi connectivity index (χ3n) is 5.31. The molecule has 1 aliphatic carbocycles. The zero-order chi connectivity index (χ0) is 20.3. The number of rotatable bonds is 7. The van der Waals surface area contributed by atoms with Crippen molar-refractivity contribution in [3.05, 3.63) is 71.8 Å². The SMILES string of the molecule is O=C(N[C@@H](Cc1ccccc1)C(=O)NC1CCCCCC1)OCc1ccccc1. The molecule has 0 spiro atoms. The minimum atomic E-state index is -0.663. The fourth-order valence-corrected chi connectivity index (χ4v) is 3.69.